The number of benzene rings is 1. The summed E-state index contributed by atoms with van der Waals surface area (Å²) in [5, 5.41) is 12.7. The van der Waals surface area contributed by atoms with E-state index in [2.05, 4.69) is 5.32 Å². The number of aliphatic carboxylic acids is 1. The van der Waals surface area contributed by atoms with Gasteiger partial charge in [-0.05, 0) is 36.5 Å². The normalized spacial score (nSPS) is 16.7. The minimum absolute atomic E-state index is 0.0829. The van der Waals surface area contributed by atoms with Gasteiger partial charge in [0.25, 0.3) is 5.91 Å². The summed E-state index contributed by atoms with van der Waals surface area (Å²) >= 11 is 2.83. The molecule has 0 aliphatic carbocycles. The van der Waals surface area contributed by atoms with Crippen molar-refractivity contribution in [3.8, 4) is 0 Å². The third kappa shape index (κ3) is 3.38. The van der Waals surface area contributed by atoms with E-state index in [-0.39, 0.29) is 6.61 Å². The molecule has 2 heterocycles. The van der Waals surface area contributed by atoms with E-state index in [9.17, 15) is 19.1 Å². The lowest BCUT2D eigenvalue weighted by molar-refractivity contribution is -0.144. The zero-order chi connectivity index (χ0) is 18.0. The van der Waals surface area contributed by atoms with E-state index in [0.717, 1.165) is 11.3 Å². The van der Waals surface area contributed by atoms with Gasteiger partial charge in [0.2, 0.25) is 0 Å². The summed E-state index contributed by atoms with van der Waals surface area (Å²) in [6.07, 6.45) is 0.745. The van der Waals surface area contributed by atoms with Gasteiger partial charge >= 0.3 is 5.97 Å². The van der Waals surface area contributed by atoms with Gasteiger partial charge in [0, 0.05) is 22.8 Å². The lowest BCUT2D eigenvalue weighted by Crippen LogP contribution is -2.56. The number of hydrogen-bond donors (Lipinski definition) is 2. The Morgan fingerprint density at radius 1 is 1.36 bits per heavy atom. The molecule has 1 aromatic carbocycles. The Morgan fingerprint density at radius 2 is 2.08 bits per heavy atom. The first-order chi connectivity index (χ1) is 12.0. The quantitative estimate of drug-likeness (QED) is 0.829. The van der Waals surface area contributed by atoms with Crippen LogP contribution in [0.25, 0.3) is 10.1 Å². The summed E-state index contributed by atoms with van der Waals surface area (Å²) in [5.74, 6) is -0.567. The topological polar surface area (TPSA) is 75.6 Å². The van der Waals surface area contributed by atoms with E-state index < -0.39 is 23.2 Å². The van der Waals surface area contributed by atoms with Crippen molar-refractivity contribution in [1.29, 1.82) is 0 Å². The number of carbonyl (C=O) groups is 2. The van der Waals surface area contributed by atoms with Crippen LogP contribution in [0.4, 0.5) is 4.39 Å². The number of hydrogen-bond acceptors (Lipinski definition) is 5. The summed E-state index contributed by atoms with van der Waals surface area (Å²) in [6.45, 7) is 0.0829. The molecule has 8 heteroatoms. The van der Waals surface area contributed by atoms with Gasteiger partial charge in [-0.25, -0.2) is 9.18 Å². The molecule has 0 spiro atoms. The number of thiophene rings is 1. The smallest absolute Gasteiger partial charge is 0.329 e. The zero-order valence-electron chi connectivity index (χ0n) is 13.6. The van der Waals surface area contributed by atoms with Crippen LogP contribution in [0.3, 0.4) is 0 Å². The van der Waals surface area contributed by atoms with Gasteiger partial charge in [0.1, 0.15) is 11.4 Å². The fraction of sp³-hybridized carbons (Fsp3) is 0.412. The Morgan fingerprint density at radius 3 is 2.72 bits per heavy atom. The van der Waals surface area contributed by atoms with Crippen LogP contribution in [0, 0.1) is 5.82 Å². The molecule has 0 bridgehead atoms. The molecule has 3 rings (SSSR count). The van der Waals surface area contributed by atoms with Crippen LogP contribution in [-0.4, -0.2) is 41.1 Å². The molecule has 1 amide bonds. The van der Waals surface area contributed by atoms with Crippen LogP contribution in [0.2, 0.25) is 0 Å². The van der Waals surface area contributed by atoms with E-state index in [0.29, 0.717) is 44.9 Å². The van der Waals surface area contributed by atoms with Crippen molar-refractivity contribution in [3.63, 3.8) is 0 Å². The molecule has 1 aromatic heterocycles. The van der Waals surface area contributed by atoms with Crippen molar-refractivity contribution in [2.24, 2.45) is 0 Å². The maximum absolute atomic E-state index is 14.2. The predicted octanol–water partition coefficient (Wildman–Crippen LogP) is 3.27. The molecule has 0 unspecified atom stereocenters. The summed E-state index contributed by atoms with van der Waals surface area (Å²) in [5.41, 5.74) is -0.801. The Labute approximate surface area is 152 Å². The molecule has 134 valence electrons. The third-order valence-electron chi connectivity index (χ3n) is 4.37. The van der Waals surface area contributed by atoms with Crippen LogP contribution >= 0.6 is 23.1 Å². The summed E-state index contributed by atoms with van der Waals surface area (Å²) < 4.78 is 20.0. The molecule has 0 radical (unpaired) electrons. The van der Waals surface area contributed by atoms with Crippen molar-refractivity contribution >= 4 is 45.1 Å². The van der Waals surface area contributed by atoms with E-state index in [1.54, 1.807) is 23.9 Å². The number of thioether (sulfide) groups is 1. The van der Waals surface area contributed by atoms with Gasteiger partial charge in [0.05, 0.1) is 11.5 Å². The second-order valence-electron chi connectivity index (χ2n) is 5.91. The molecule has 2 aromatic rings. The number of carbonyl (C=O) groups excluding carboxylic acids is 1. The van der Waals surface area contributed by atoms with Gasteiger partial charge in [-0.3, -0.25) is 4.79 Å². The van der Waals surface area contributed by atoms with Gasteiger partial charge in [-0.1, -0.05) is 6.07 Å². The van der Waals surface area contributed by atoms with Gasteiger partial charge in [-0.2, -0.15) is 11.8 Å². The fourth-order valence-electron chi connectivity index (χ4n) is 3.02. The van der Waals surface area contributed by atoms with Crippen LogP contribution in [0.5, 0.6) is 0 Å². The second kappa shape index (κ2) is 7.31. The molecule has 0 saturated carbocycles. The zero-order valence-corrected chi connectivity index (χ0v) is 15.3. The Hall–Kier alpha value is -1.64. The Balaban J connectivity index is 2.00. The number of amides is 1. The van der Waals surface area contributed by atoms with Crippen LogP contribution in [-0.2, 0) is 16.1 Å². The number of carboxylic acid groups (broad SMARTS) is 1. The molecule has 0 atom stereocenters. The first-order valence-corrected chi connectivity index (χ1v) is 9.78. The van der Waals surface area contributed by atoms with Crippen molar-refractivity contribution in [1.82, 2.24) is 5.32 Å². The second-order valence-corrected chi connectivity index (χ2v) is 8.19. The number of rotatable bonds is 5. The highest BCUT2D eigenvalue weighted by atomic mass is 32.2. The summed E-state index contributed by atoms with van der Waals surface area (Å²) in [7, 11) is 1.48. The highest BCUT2D eigenvalue weighted by molar-refractivity contribution is 7.99. The van der Waals surface area contributed by atoms with Gasteiger partial charge in [0.15, 0.2) is 0 Å². The predicted molar refractivity (Wildman–Crippen MR) is 96.9 cm³/mol. The molecule has 2 N–H and O–H groups in total. The van der Waals surface area contributed by atoms with Crippen molar-refractivity contribution < 1.29 is 23.8 Å². The first kappa shape index (κ1) is 18.2. The third-order valence-corrected chi connectivity index (χ3v) is 6.55. The van der Waals surface area contributed by atoms with E-state index in [1.807, 2.05) is 0 Å². The largest absolute Gasteiger partial charge is 0.480 e. The highest BCUT2D eigenvalue weighted by Crippen LogP contribution is 2.35. The summed E-state index contributed by atoms with van der Waals surface area (Å²) in [4.78, 5) is 24.9. The highest BCUT2D eigenvalue weighted by Gasteiger charge is 2.42. The number of carboxylic acids is 1. The van der Waals surface area contributed by atoms with Crippen LogP contribution in [0.1, 0.15) is 28.1 Å². The van der Waals surface area contributed by atoms with Crippen molar-refractivity contribution in [2.45, 2.75) is 25.0 Å². The van der Waals surface area contributed by atoms with Crippen molar-refractivity contribution in [3.05, 3.63) is 34.5 Å². The summed E-state index contributed by atoms with van der Waals surface area (Å²) in [6, 6.07) is 4.67. The average molecular weight is 383 g/mol. The number of nitrogens with one attached hydrogen (secondary N) is 1. The molecule has 1 aliphatic rings. The first-order valence-electron chi connectivity index (χ1n) is 7.81. The van der Waals surface area contributed by atoms with E-state index in [1.165, 1.54) is 13.2 Å². The Bertz CT molecular complexity index is 814. The van der Waals surface area contributed by atoms with E-state index >= 15 is 0 Å². The van der Waals surface area contributed by atoms with Crippen LogP contribution < -0.4 is 5.32 Å². The molecule has 1 fully saturated rings. The minimum atomic E-state index is -1.26. The lowest BCUT2D eigenvalue weighted by Gasteiger charge is -2.33. The lowest BCUT2D eigenvalue weighted by atomic mass is 9.92. The number of fused-ring (bicyclic) bond motifs is 1. The maximum Gasteiger partial charge on any atom is 0.329 e. The molecular formula is C17H18FNO4S2. The van der Waals surface area contributed by atoms with Crippen molar-refractivity contribution in [2.75, 3.05) is 18.6 Å². The molecule has 25 heavy (non-hydrogen) atoms. The molecule has 1 aliphatic heterocycles. The monoisotopic (exact) mass is 383 g/mol. The van der Waals surface area contributed by atoms with Gasteiger partial charge < -0.3 is 15.2 Å². The number of ether oxygens (including phenoxy) is 1. The molecule has 5 nitrogen and oxygen atoms in total. The average Bonchev–Trinajstić information content (AvgIpc) is 2.96. The van der Waals surface area contributed by atoms with E-state index in [4.69, 9.17) is 4.74 Å². The fourth-order valence-corrected chi connectivity index (χ4v) is 5.33. The SMILES string of the molecule is COCc1c(C(=O)NC2(C(=O)O)CCSCC2)sc2cccc(F)c12. The molecule has 1 saturated heterocycles. The van der Waals surface area contributed by atoms with Crippen LogP contribution in [0.15, 0.2) is 18.2 Å². The molecular weight excluding hydrogens is 365 g/mol. The van der Waals surface area contributed by atoms with Gasteiger partial charge in [-0.15, -0.1) is 11.3 Å². The minimum Gasteiger partial charge on any atom is -0.480 e. The number of halogens is 1. The standard InChI is InChI=1S/C17H18FNO4S2/c1-23-9-10-13-11(18)3-2-4-12(13)25-14(10)15(20)19-17(16(21)22)5-7-24-8-6-17/h2-4H,5-9H2,1H3,(H,19,20)(H,21,22). The maximum atomic E-state index is 14.2. The number of methoxy groups -OCH3 is 1. The Kier molecular flexibility index (Phi) is 5.31.